The lowest BCUT2D eigenvalue weighted by molar-refractivity contribution is 0.471. The number of phenolic OH excluding ortho intramolecular Hbond substituents is 1. The average molecular weight is 254 g/mol. The van der Waals surface area contributed by atoms with Crippen LogP contribution in [0.5, 0.6) is 5.75 Å². The Bertz CT molecular complexity index is 593. The maximum absolute atomic E-state index is 9.67. The zero-order valence-electron chi connectivity index (χ0n) is 11.3. The number of nitrogens with zero attached hydrogens (tertiary/aromatic N) is 2. The molecular formula is C16H18N2O. The van der Waals surface area contributed by atoms with E-state index in [1.54, 1.807) is 6.07 Å². The van der Waals surface area contributed by atoms with Crippen LogP contribution in [0.1, 0.15) is 25.1 Å². The van der Waals surface area contributed by atoms with Gasteiger partial charge >= 0.3 is 0 Å². The lowest BCUT2D eigenvalue weighted by Gasteiger charge is -2.22. The van der Waals surface area contributed by atoms with Gasteiger partial charge in [-0.3, -0.25) is 4.98 Å². The second kappa shape index (κ2) is 4.26. The van der Waals surface area contributed by atoms with Crippen molar-refractivity contribution in [2.75, 3.05) is 11.4 Å². The third kappa shape index (κ3) is 2.16. The van der Waals surface area contributed by atoms with Crippen molar-refractivity contribution in [2.24, 2.45) is 0 Å². The van der Waals surface area contributed by atoms with Gasteiger partial charge in [0, 0.05) is 23.8 Å². The Morgan fingerprint density at radius 3 is 2.84 bits per heavy atom. The summed E-state index contributed by atoms with van der Waals surface area (Å²) < 4.78 is 0. The number of hydrogen-bond acceptors (Lipinski definition) is 3. The first-order valence-corrected chi connectivity index (χ1v) is 6.55. The maximum Gasteiger partial charge on any atom is 0.116 e. The largest absolute Gasteiger partial charge is 0.508 e. The van der Waals surface area contributed by atoms with Crippen molar-refractivity contribution >= 4 is 5.69 Å². The summed E-state index contributed by atoms with van der Waals surface area (Å²) in [6.45, 7) is 6.18. The van der Waals surface area contributed by atoms with Gasteiger partial charge in [0.2, 0.25) is 0 Å². The molecule has 1 aromatic heterocycles. The highest BCUT2D eigenvalue weighted by Gasteiger charge is 2.35. The Morgan fingerprint density at radius 2 is 2.11 bits per heavy atom. The van der Waals surface area contributed by atoms with Crippen LogP contribution in [0.15, 0.2) is 42.6 Å². The molecule has 0 aliphatic carbocycles. The molecule has 19 heavy (non-hydrogen) atoms. The molecule has 1 N–H and O–H groups in total. The molecule has 3 rings (SSSR count). The Morgan fingerprint density at radius 1 is 1.26 bits per heavy atom. The number of anilines is 1. The van der Waals surface area contributed by atoms with E-state index in [9.17, 15) is 5.11 Å². The Hall–Kier alpha value is -2.03. The predicted octanol–water partition coefficient (Wildman–Crippen LogP) is 3.09. The van der Waals surface area contributed by atoms with Gasteiger partial charge in [-0.1, -0.05) is 19.9 Å². The van der Waals surface area contributed by atoms with Crippen LogP contribution >= 0.6 is 0 Å². The van der Waals surface area contributed by atoms with Crippen molar-refractivity contribution < 1.29 is 5.11 Å². The number of aromatic nitrogens is 1. The van der Waals surface area contributed by atoms with E-state index in [-0.39, 0.29) is 5.41 Å². The highest BCUT2D eigenvalue weighted by atomic mass is 16.3. The topological polar surface area (TPSA) is 36.4 Å². The molecule has 0 spiro atoms. The van der Waals surface area contributed by atoms with Crippen LogP contribution in [0.3, 0.4) is 0 Å². The van der Waals surface area contributed by atoms with Gasteiger partial charge in [-0.15, -0.1) is 0 Å². The summed E-state index contributed by atoms with van der Waals surface area (Å²) in [5, 5.41) is 9.67. The molecule has 0 unspecified atom stereocenters. The molecule has 3 nitrogen and oxygen atoms in total. The van der Waals surface area contributed by atoms with Crippen LogP contribution in [-0.4, -0.2) is 16.6 Å². The first-order chi connectivity index (χ1) is 9.06. The molecular weight excluding hydrogens is 236 g/mol. The summed E-state index contributed by atoms with van der Waals surface area (Å²) in [7, 11) is 0. The highest BCUT2D eigenvalue weighted by molar-refractivity contribution is 5.64. The number of rotatable bonds is 2. The Labute approximate surface area is 113 Å². The number of benzene rings is 1. The molecule has 0 bridgehead atoms. The second-order valence-corrected chi connectivity index (χ2v) is 5.76. The van der Waals surface area contributed by atoms with Crippen molar-refractivity contribution in [3.63, 3.8) is 0 Å². The number of hydrogen-bond donors (Lipinski definition) is 1. The minimum absolute atomic E-state index is 0.0584. The van der Waals surface area contributed by atoms with E-state index in [0.717, 1.165) is 18.8 Å². The van der Waals surface area contributed by atoms with Crippen LogP contribution in [0.2, 0.25) is 0 Å². The summed E-state index contributed by atoms with van der Waals surface area (Å²) >= 11 is 0. The SMILES string of the molecule is CC1(C)CN(Cc2ccccn2)c2ccc(O)cc21. The Balaban J connectivity index is 1.95. The molecule has 1 aliphatic heterocycles. The van der Waals surface area contributed by atoms with Crippen LogP contribution in [0.25, 0.3) is 0 Å². The Kier molecular flexibility index (Phi) is 2.70. The molecule has 2 aromatic rings. The number of fused-ring (bicyclic) bond motifs is 1. The van der Waals surface area contributed by atoms with E-state index in [2.05, 4.69) is 23.7 Å². The third-order valence-electron chi connectivity index (χ3n) is 3.72. The summed E-state index contributed by atoms with van der Waals surface area (Å²) in [4.78, 5) is 6.72. The summed E-state index contributed by atoms with van der Waals surface area (Å²) in [5.74, 6) is 0.339. The van der Waals surface area contributed by atoms with Gasteiger partial charge in [-0.05, 0) is 35.9 Å². The molecule has 2 heterocycles. The maximum atomic E-state index is 9.67. The normalized spacial score (nSPS) is 16.4. The number of pyridine rings is 1. The van der Waals surface area contributed by atoms with Crippen LogP contribution in [0.4, 0.5) is 5.69 Å². The van der Waals surface area contributed by atoms with Gasteiger partial charge < -0.3 is 10.0 Å². The average Bonchev–Trinajstić information content (AvgIpc) is 2.62. The van der Waals surface area contributed by atoms with E-state index in [1.165, 1.54) is 11.3 Å². The lowest BCUT2D eigenvalue weighted by atomic mass is 9.87. The first-order valence-electron chi connectivity index (χ1n) is 6.55. The molecule has 0 saturated carbocycles. The number of phenols is 1. The third-order valence-corrected chi connectivity index (χ3v) is 3.72. The molecule has 0 atom stereocenters. The van der Waals surface area contributed by atoms with E-state index in [4.69, 9.17) is 0 Å². The fourth-order valence-electron chi connectivity index (χ4n) is 2.82. The standard InChI is InChI=1S/C16H18N2O/c1-16(2)11-18(10-12-5-3-4-8-17-12)15-7-6-13(19)9-14(15)16/h3-9,19H,10-11H2,1-2H3. The van der Waals surface area contributed by atoms with Gasteiger partial charge in [0.25, 0.3) is 0 Å². The summed E-state index contributed by atoms with van der Waals surface area (Å²) in [6, 6.07) is 11.6. The molecule has 0 amide bonds. The van der Waals surface area contributed by atoms with E-state index < -0.39 is 0 Å². The van der Waals surface area contributed by atoms with Crippen LogP contribution < -0.4 is 4.90 Å². The summed E-state index contributed by atoms with van der Waals surface area (Å²) in [5.41, 5.74) is 3.54. The minimum atomic E-state index is 0.0584. The quantitative estimate of drug-likeness (QED) is 0.894. The second-order valence-electron chi connectivity index (χ2n) is 5.76. The fraction of sp³-hybridized carbons (Fsp3) is 0.312. The fourth-order valence-corrected chi connectivity index (χ4v) is 2.82. The van der Waals surface area contributed by atoms with Crippen molar-refractivity contribution in [2.45, 2.75) is 25.8 Å². The van der Waals surface area contributed by atoms with Crippen molar-refractivity contribution in [1.29, 1.82) is 0 Å². The zero-order chi connectivity index (χ0) is 13.5. The molecule has 98 valence electrons. The lowest BCUT2D eigenvalue weighted by Crippen LogP contribution is -2.28. The molecule has 3 heteroatoms. The van der Waals surface area contributed by atoms with Gasteiger partial charge in [0.05, 0.1) is 12.2 Å². The van der Waals surface area contributed by atoms with Gasteiger partial charge in [-0.25, -0.2) is 0 Å². The smallest absolute Gasteiger partial charge is 0.116 e. The van der Waals surface area contributed by atoms with Gasteiger partial charge in [-0.2, -0.15) is 0 Å². The molecule has 0 radical (unpaired) electrons. The van der Waals surface area contributed by atoms with Crippen molar-refractivity contribution in [1.82, 2.24) is 4.98 Å². The molecule has 0 fully saturated rings. The highest BCUT2D eigenvalue weighted by Crippen LogP contribution is 2.42. The van der Waals surface area contributed by atoms with E-state index >= 15 is 0 Å². The predicted molar refractivity (Wildman–Crippen MR) is 76.4 cm³/mol. The van der Waals surface area contributed by atoms with Crippen molar-refractivity contribution in [3.8, 4) is 5.75 Å². The molecule has 0 saturated heterocycles. The van der Waals surface area contributed by atoms with E-state index in [0.29, 0.717) is 5.75 Å². The first kappa shape index (κ1) is 12.0. The van der Waals surface area contributed by atoms with Gasteiger partial charge in [0.15, 0.2) is 0 Å². The van der Waals surface area contributed by atoms with E-state index in [1.807, 2.05) is 36.5 Å². The number of aromatic hydroxyl groups is 1. The molecule has 1 aliphatic rings. The summed E-state index contributed by atoms with van der Waals surface area (Å²) in [6.07, 6.45) is 1.83. The molecule has 1 aromatic carbocycles. The van der Waals surface area contributed by atoms with Crippen LogP contribution in [0, 0.1) is 0 Å². The van der Waals surface area contributed by atoms with Gasteiger partial charge in [0.1, 0.15) is 5.75 Å². The minimum Gasteiger partial charge on any atom is -0.508 e. The monoisotopic (exact) mass is 254 g/mol. The van der Waals surface area contributed by atoms with Crippen molar-refractivity contribution in [3.05, 3.63) is 53.9 Å². The van der Waals surface area contributed by atoms with Crippen LogP contribution in [-0.2, 0) is 12.0 Å². The zero-order valence-corrected chi connectivity index (χ0v) is 11.3.